The van der Waals surface area contributed by atoms with Crippen LogP contribution in [-0.4, -0.2) is 36.5 Å². The van der Waals surface area contributed by atoms with E-state index >= 15 is 0 Å². The van der Waals surface area contributed by atoms with Gasteiger partial charge >= 0.3 is 5.97 Å². The number of rotatable bonds is 2. The van der Waals surface area contributed by atoms with Crippen molar-refractivity contribution in [2.45, 2.75) is 70.8 Å². The quantitative estimate of drug-likeness (QED) is 0.722. The third-order valence-electron chi connectivity index (χ3n) is 8.35. The van der Waals surface area contributed by atoms with E-state index in [0.717, 1.165) is 38.6 Å². The normalized spacial score (nSPS) is 33.7. The number of benzene rings is 1. The molecule has 1 saturated carbocycles. The number of likely N-dealkylation sites (tertiary alicyclic amines) is 1. The predicted molar refractivity (Wildman–Crippen MR) is 109 cm³/mol. The summed E-state index contributed by atoms with van der Waals surface area (Å²) in [7, 11) is 1.45. The molecule has 0 aromatic heterocycles. The molecule has 1 heterocycles. The summed E-state index contributed by atoms with van der Waals surface area (Å²) >= 11 is 0. The summed E-state index contributed by atoms with van der Waals surface area (Å²) in [6.07, 6.45) is 5.23. The molecule has 0 spiro atoms. The lowest BCUT2D eigenvalue weighted by Crippen LogP contribution is -2.65. The predicted octanol–water partition coefficient (Wildman–Crippen LogP) is 4.11. The van der Waals surface area contributed by atoms with Gasteiger partial charge in [0.25, 0.3) is 0 Å². The molecule has 1 saturated heterocycles. The number of carbonyl (C=O) groups excluding carboxylic acids is 2. The summed E-state index contributed by atoms with van der Waals surface area (Å²) in [4.78, 5) is 27.8. The first-order valence-electron chi connectivity index (χ1n) is 10.8. The van der Waals surface area contributed by atoms with Crippen LogP contribution in [0, 0.1) is 17.3 Å². The second-order valence-electron chi connectivity index (χ2n) is 9.80. The first kappa shape index (κ1) is 19.5. The molecular formula is C24H33NO3. The van der Waals surface area contributed by atoms with E-state index in [-0.39, 0.29) is 40.6 Å². The Hall–Kier alpha value is -1.84. The highest BCUT2D eigenvalue weighted by atomic mass is 16.5. The van der Waals surface area contributed by atoms with E-state index in [2.05, 4.69) is 49.9 Å². The van der Waals surface area contributed by atoms with Gasteiger partial charge < -0.3 is 9.64 Å². The van der Waals surface area contributed by atoms with Gasteiger partial charge in [-0.05, 0) is 48.6 Å². The first-order chi connectivity index (χ1) is 13.3. The van der Waals surface area contributed by atoms with Gasteiger partial charge in [0.2, 0.25) is 5.91 Å². The summed E-state index contributed by atoms with van der Waals surface area (Å²) < 4.78 is 4.95. The summed E-state index contributed by atoms with van der Waals surface area (Å²) in [5.41, 5.74) is 2.96. The number of methoxy groups -OCH3 is 1. The standard InChI is InChI=1S/C24H33NO3/c1-23(2)20-15-16-8-5-6-11-19(16)24(23,3)12-13-25(20)21(26)17-9-7-10-18(14-17)22(27)28-4/h5-6,8,11,17-18,20H,7,9-10,12-15H2,1-4H3/t17?,18-,20-,24-/m0/s1. The van der Waals surface area contributed by atoms with Gasteiger partial charge in [-0.3, -0.25) is 9.59 Å². The van der Waals surface area contributed by atoms with Crippen LogP contribution in [0.1, 0.15) is 64.0 Å². The first-order valence-corrected chi connectivity index (χ1v) is 10.8. The molecule has 152 valence electrons. The van der Waals surface area contributed by atoms with Crippen LogP contribution in [0.2, 0.25) is 0 Å². The average molecular weight is 384 g/mol. The Bertz CT molecular complexity index is 786. The monoisotopic (exact) mass is 383 g/mol. The second kappa shape index (κ2) is 6.89. The lowest BCUT2D eigenvalue weighted by atomic mass is 9.51. The molecule has 0 N–H and O–H groups in total. The van der Waals surface area contributed by atoms with Crippen molar-refractivity contribution in [3.05, 3.63) is 35.4 Å². The number of esters is 1. The van der Waals surface area contributed by atoms with E-state index in [1.807, 2.05) is 0 Å². The molecule has 1 aromatic carbocycles. The molecule has 1 aliphatic heterocycles. The lowest BCUT2D eigenvalue weighted by Gasteiger charge is -2.61. The van der Waals surface area contributed by atoms with Crippen LogP contribution in [-0.2, 0) is 26.2 Å². The van der Waals surface area contributed by atoms with Gasteiger partial charge in [-0.2, -0.15) is 0 Å². The Kier molecular flexibility index (Phi) is 4.79. The highest BCUT2D eigenvalue weighted by Gasteiger charge is 2.57. The molecule has 4 heteroatoms. The molecule has 1 unspecified atom stereocenters. The number of hydrogen-bond donors (Lipinski definition) is 0. The Morgan fingerprint density at radius 2 is 1.82 bits per heavy atom. The maximum Gasteiger partial charge on any atom is 0.308 e. The van der Waals surface area contributed by atoms with Crippen molar-refractivity contribution in [1.29, 1.82) is 0 Å². The minimum atomic E-state index is -0.157. The Morgan fingerprint density at radius 1 is 1.11 bits per heavy atom. The van der Waals surface area contributed by atoms with Crippen LogP contribution in [0.15, 0.2) is 24.3 Å². The number of piperidine rings is 1. The maximum absolute atomic E-state index is 13.6. The van der Waals surface area contributed by atoms with Gasteiger partial charge in [0.05, 0.1) is 13.0 Å². The summed E-state index contributed by atoms with van der Waals surface area (Å²) in [6, 6.07) is 8.99. The van der Waals surface area contributed by atoms with E-state index < -0.39 is 0 Å². The smallest absolute Gasteiger partial charge is 0.308 e. The topological polar surface area (TPSA) is 46.6 Å². The number of carbonyl (C=O) groups is 2. The van der Waals surface area contributed by atoms with E-state index in [0.29, 0.717) is 6.42 Å². The van der Waals surface area contributed by atoms with Crippen molar-refractivity contribution in [3.8, 4) is 0 Å². The Labute approximate surface area is 168 Å². The molecule has 3 aliphatic rings. The van der Waals surface area contributed by atoms with Gasteiger partial charge in [0.15, 0.2) is 0 Å². The Morgan fingerprint density at radius 3 is 2.57 bits per heavy atom. The summed E-state index contributed by atoms with van der Waals surface area (Å²) in [6.45, 7) is 7.88. The molecule has 1 aromatic rings. The number of ether oxygens (including phenoxy) is 1. The highest BCUT2D eigenvalue weighted by Crippen LogP contribution is 2.56. The third kappa shape index (κ3) is 2.79. The summed E-state index contributed by atoms with van der Waals surface area (Å²) in [5, 5.41) is 0. The molecule has 2 aliphatic carbocycles. The zero-order chi connectivity index (χ0) is 20.1. The molecule has 4 atom stereocenters. The average Bonchev–Trinajstić information content (AvgIpc) is 2.70. The zero-order valence-electron chi connectivity index (χ0n) is 17.7. The lowest BCUT2D eigenvalue weighted by molar-refractivity contribution is -0.153. The number of hydrogen-bond acceptors (Lipinski definition) is 3. The van der Waals surface area contributed by atoms with Crippen LogP contribution in [0.5, 0.6) is 0 Å². The fourth-order valence-electron chi connectivity index (χ4n) is 6.16. The molecule has 2 bridgehead atoms. The minimum Gasteiger partial charge on any atom is -0.469 e. The molecular weight excluding hydrogens is 350 g/mol. The molecule has 28 heavy (non-hydrogen) atoms. The van der Waals surface area contributed by atoms with Crippen LogP contribution in [0.4, 0.5) is 0 Å². The van der Waals surface area contributed by atoms with E-state index in [1.165, 1.54) is 18.2 Å². The van der Waals surface area contributed by atoms with Gasteiger partial charge in [-0.15, -0.1) is 0 Å². The zero-order valence-corrected chi connectivity index (χ0v) is 17.7. The van der Waals surface area contributed by atoms with Crippen molar-refractivity contribution in [1.82, 2.24) is 4.90 Å². The molecule has 4 rings (SSSR count). The highest BCUT2D eigenvalue weighted by molar-refractivity contribution is 5.81. The van der Waals surface area contributed by atoms with Crippen LogP contribution < -0.4 is 0 Å². The van der Waals surface area contributed by atoms with Crippen LogP contribution in [0.3, 0.4) is 0 Å². The van der Waals surface area contributed by atoms with E-state index in [1.54, 1.807) is 0 Å². The fourth-order valence-corrected chi connectivity index (χ4v) is 6.16. The molecule has 0 radical (unpaired) electrons. The van der Waals surface area contributed by atoms with Gasteiger partial charge in [0, 0.05) is 23.9 Å². The van der Waals surface area contributed by atoms with Crippen molar-refractivity contribution in [2.75, 3.05) is 13.7 Å². The molecule has 2 fully saturated rings. The summed E-state index contributed by atoms with van der Waals surface area (Å²) in [5.74, 6) is -0.0678. The van der Waals surface area contributed by atoms with Gasteiger partial charge in [-0.25, -0.2) is 0 Å². The van der Waals surface area contributed by atoms with Crippen molar-refractivity contribution in [2.24, 2.45) is 17.3 Å². The maximum atomic E-state index is 13.6. The molecule has 1 amide bonds. The number of nitrogens with zero attached hydrogens (tertiary/aromatic N) is 1. The fraction of sp³-hybridized carbons (Fsp3) is 0.667. The Balaban J connectivity index is 1.61. The number of fused-ring (bicyclic) bond motifs is 4. The van der Waals surface area contributed by atoms with Crippen molar-refractivity contribution >= 4 is 11.9 Å². The largest absolute Gasteiger partial charge is 0.469 e. The third-order valence-corrected chi connectivity index (χ3v) is 8.35. The van der Waals surface area contributed by atoms with Gasteiger partial charge in [0.1, 0.15) is 0 Å². The van der Waals surface area contributed by atoms with E-state index in [9.17, 15) is 9.59 Å². The van der Waals surface area contributed by atoms with Crippen molar-refractivity contribution in [3.63, 3.8) is 0 Å². The molecule has 4 nitrogen and oxygen atoms in total. The van der Waals surface area contributed by atoms with E-state index in [4.69, 9.17) is 4.74 Å². The van der Waals surface area contributed by atoms with Crippen LogP contribution in [0.25, 0.3) is 0 Å². The van der Waals surface area contributed by atoms with Gasteiger partial charge in [-0.1, -0.05) is 51.5 Å². The minimum absolute atomic E-state index is 0.0195. The SMILES string of the molecule is COC(=O)[C@H]1CCCC(C(=O)N2CC[C@@]3(C)c4ccccc4C[C@H]2C3(C)C)C1. The second-order valence-corrected chi connectivity index (χ2v) is 9.80. The number of amides is 1. The van der Waals surface area contributed by atoms with Crippen LogP contribution >= 0.6 is 0 Å². The van der Waals surface area contributed by atoms with Crippen molar-refractivity contribution < 1.29 is 14.3 Å².